The lowest BCUT2D eigenvalue weighted by Crippen LogP contribution is -2.52. The fraction of sp³-hybridized carbons (Fsp3) is 0.375. The van der Waals surface area contributed by atoms with Gasteiger partial charge in [0.2, 0.25) is 0 Å². The van der Waals surface area contributed by atoms with Crippen LogP contribution in [0.5, 0.6) is 5.75 Å². The molecule has 1 saturated heterocycles. The smallest absolute Gasteiger partial charge is 0.321 e. The topological polar surface area (TPSA) is 92.3 Å². The Morgan fingerprint density at radius 1 is 1.09 bits per heavy atom. The Morgan fingerprint density at radius 3 is 2.47 bits per heavy atom. The molecule has 2 aromatic rings. The summed E-state index contributed by atoms with van der Waals surface area (Å²) in [5, 5.41) is 9.85. The van der Waals surface area contributed by atoms with Crippen LogP contribution in [0.2, 0.25) is 0 Å². The number of methoxy groups -OCH3 is 1. The van der Waals surface area contributed by atoms with Crippen LogP contribution in [0.3, 0.4) is 0 Å². The van der Waals surface area contributed by atoms with Crippen LogP contribution in [0.25, 0.3) is 0 Å². The van der Waals surface area contributed by atoms with E-state index in [4.69, 9.17) is 9.57 Å². The first-order valence-corrected chi connectivity index (χ1v) is 10.9. The van der Waals surface area contributed by atoms with Crippen molar-refractivity contribution < 1.29 is 19.2 Å². The van der Waals surface area contributed by atoms with Crippen molar-refractivity contribution >= 4 is 29.0 Å². The zero-order valence-electron chi connectivity index (χ0n) is 18.4. The Bertz CT molecular complexity index is 1000. The number of likely N-dealkylation sites (tertiary alicyclic amines) is 1. The van der Waals surface area contributed by atoms with E-state index in [9.17, 15) is 9.59 Å². The van der Waals surface area contributed by atoms with Crippen molar-refractivity contribution in [3.8, 4) is 5.75 Å². The van der Waals surface area contributed by atoms with Gasteiger partial charge in [-0.15, -0.1) is 0 Å². The molecule has 2 heterocycles. The molecule has 1 atom stereocenters. The van der Waals surface area contributed by atoms with Gasteiger partial charge in [0, 0.05) is 24.3 Å². The summed E-state index contributed by atoms with van der Waals surface area (Å²) < 4.78 is 5.13. The van der Waals surface area contributed by atoms with Gasteiger partial charge in [-0.1, -0.05) is 24.2 Å². The van der Waals surface area contributed by atoms with Crippen molar-refractivity contribution in [2.24, 2.45) is 5.16 Å². The van der Waals surface area contributed by atoms with E-state index in [0.717, 1.165) is 24.9 Å². The lowest BCUT2D eigenvalue weighted by Gasteiger charge is -2.38. The summed E-state index contributed by atoms with van der Waals surface area (Å²) in [5.41, 5.74) is 2.30. The standard InChI is InChI=1S/C24H28N4O4/c1-3-17-5-7-19(8-6-17)26-23(30)28-14-4-13-24(16-28)15-21(27-32-24)22(29)25-18-9-11-20(31-2)12-10-18/h5-12H,3-4,13-16H2,1-2H3,(H,25,29)(H,26,30). The predicted octanol–water partition coefficient (Wildman–Crippen LogP) is 4.04. The molecule has 8 nitrogen and oxygen atoms in total. The molecule has 0 saturated carbocycles. The molecular weight excluding hydrogens is 408 g/mol. The number of nitrogens with zero attached hydrogens (tertiary/aromatic N) is 2. The molecule has 0 radical (unpaired) electrons. The number of anilines is 2. The first-order chi connectivity index (χ1) is 15.5. The van der Waals surface area contributed by atoms with Gasteiger partial charge in [0.05, 0.1) is 13.7 Å². The number of hydrogen-bond acceptors (Lipinski definition) is 5. The molecule has 1 spiro atoms. The number of urea groups is 1. The molecule has 4 rings (SSSR count). The Hall–Kier alpha value is -3.55. The van der Waals surface area contributed by atoms with Crippen molar-refractivity contribution in [1.29, 1.82) is 0 Å². The molecule has 1 fully saturated rings. The molecule has 2 N–H and O–H groups in total. The fourth-order valence-corrected chi connectivity index (χ4v) is 4.04. The fourth-order valence-electron chi connectivity index (χ4n) is 4.04. The molecular formula is C24H28N4O4. The van der Waals surface area contributed by atoms with Gasteiger partial charge in [0.15, 0.2) is 5.60 Å². The highest BCUT2D eigenvalue weighted by atomic mass is 16.7. The second-order valence-corrected chi connectivity index (χ2v) is 8.18. The van der Waals surface area contributed by atoms with E-state index in [2.05, 4.69) is 22.7 Å². The Kier molecular flexibility index (Phi) is 6.30. The lowest BCUT2D eigenvalue weighted by atomic mass is 9.88. The largest absolute Gasteiger partial charge is 0.497 e. The van der Waals surface area contributed by atoms with E-state index < -0.39 is 5.60 Å². The normalized spacial score (nSPS) is 19.8. The van der Waals surface area contributed by atoms with E-state index in [1.165, 1.54) is 5.56 Å². The number of carbonyl (C=O) groups is 2. The monoisotopic (exact) mass is 436 g/mol. The zero-order chi connectivity index (χ0) is 22.6. The summed E-state index contributed by atoms with van der Waals surface area (Å²) in [6, 6.07) is 14.7. The van der Waals surface area contributed by atoms with Crippen molar-refractivity contribution in [2.75, 3.05) is 30.8 Å². The van der Waals surface area contributed by atoms with Crippen LogP contribution in [0.1, 0.15) is 31.7 Å². The lowest BCUT2D eigenvalue weighted by molar-refractivity contribution is -0.110. The first-order valence-electron chi connectivity index (χ1n) is 10.9. The average Bonchev–Trinajstić information content (AvgIpc) is 3.23. The van der Waals surface area contributed by atoms with Gasteiger partial charge in [0.1, 0.15) is 11.5 Å². The molecule has 8 heteroatoms. The van der Waals surface area contributed by atoms with Crippen molar-refractivity contribution in [2.45, 2.75) is 38.2 Å². The third-order valence-corrected chi connectivity index (χ3v) is 5.89. The summed E-state index contributed by atoms with van der Waals surface area (Å²) in [4.78, 5) is 32.9. The Morgan fingerprint density at radius 2 is 1.78 bits per heavy atom. The van der Waals surface area contributed by atoms with Crippen LogP contribution < -0.4 is 15.4 Å². The van der Waals surface area contributed by atoms with E-state index in [1.807, 2.05) is 24.3 Å². The number of nitrogens with one attached hydrogen (secondary N) is 2. The zero-order valence-corrected chi connectivity index (χ0v) is 18.4. The van der Waals surface area contributed by atoms with Crippen LogP contribution in [0.4, 0.5) is 16.2 Å². The summed E-state index contributed by atoms with van der Waals surface area (Å²) in [6.45, 7) is 3.11. The number of oxime groups is 1. The van der Waals surface area contributed by atoms with E-state index in [1.54, 1.807) is 36.3 Å². The molecule has 0 aliphatic carbocycles. The predicted molar refractivity (Wildman–Crippen MR) is 123 cm³/mol. The minimum Gasteiger partial charge on any atom is -0.497 e. The Balaban J connectivity index is 1.34. The second-order valence-electron chi connectivity index (χ2n) is 8.18. The number of piperidine rings is 1. The van der Waals surface area contributed by atoms with Crippen LogP contribution in [-0.2, 0) is 16.1 Å². The van der Waals surface area contributed by atoms with Gasteiger partial charge >= 0.3 is 6.03 Å². The van der Waals surface area contributed by atoms with Crippen LogP contribution >= 0.6 is 0 Å². The molecule has 2 aliphatic heterocycles. The van der Waals surface area contributed by atoms with E-state index in [-0.39, 0.29) is 11.9 Å². The highest BCUT2D eigenvalue weighted by Crippen LogP contribution is 2.34. The summed E-state index contributed by atoms with van der Waals surface area (Å²) in [6.07, 6.45) is 2.84. The molecule has 3 amide bonds. The molecule has 168 valence electrons. The second kappa shape index (κ2) is 9.30. The number of hydrogen-bond donors (Lipinski definition) is 2. The molecule has 32 heavy (non-hydrogen) atoms. The third kappa shape index (κ3) is 4.85. The number of amides is 3. The molecule has 2 aliphatic rings. The minimum atomic E-state index is -0.658. The SMILES string of the molecule is CCc1ccc(NC(=O)N2CCCC3(CC(C(=O)Nc4ccc(OC)cc4)=NO3)C2)cc1. The number of rotatable bonds is 5. The maximum atomic E-state index is 12.8. The number of aryl methyl sites for hydroxylation is 1. The highest BCUT2D eigenvalue weighted by Gasteiger charge is 2.45. The summed E-state index contributed by atoms with van der Waals surface area (Å²) >= 11 is 0. The van der Waals surface area contributed by atoms with Gasteiger partial charge < -0.3 is 25.1 Å². The van der Waals surface area contributed by atoms with Crippen molar-refractivity contribution in [1.82, 2.24) is 4.90 Å². The average molecular weight is 437 g/mol. The quantitative estimate of drug-likeness (QED) is 0.740. The van der Waals surface area contributed by atoms with Crippen molar-refractivity contribution in [3.05, 3.63) is 54.1 Å². The van der Waals surface area contributed by atoms with Gasteiger partial charge in [-0.2, -0.15) is 0 Å². The van der Waals surface area contributed by atoms with Crippen LogP contribution in [-0.4, -0.2) is 48.4 Å². The molecule has 0 bridgehead atoms. The first kappa shape index (κ1) is 21.7. The molecule has 2 aromatic carbocycles. The van der Waals surface area contributed by atoms with Gasteiger partial charge in [-0.3, -0.25) is 4.79 Å². The number of carbonyl (C=O) groups excluding carboxylic acids is 2. The van der Waals surface area contributed by atoms with Crippen LogP contribution in [0, 0.1) is 0 Å². The van der Waals surface area contributed by atoms with E-state index >= 15 is 0 Å². The van der Waals surface area contributed by atoms with Crippen molar-refractivity contribution in [3.63, 3.8) is 0 Å². The van der Waals surface area contributed by atoms with E-state index in [0.29, 0.717) is 36.7 Å². The maximum absolute atomic E-state index is 12.8. The maximum Gasteiger partial charge on any atom is 0.321 e. The summed E-state index contributed by atoms with van der Waals surface area (Å²) in [5.74, 6) is 0.412. The molecule has 0 aromatic heterocycles. The van der Waals surface area contributed by atoms with Gasteiger partial charge in [0.25, 0.3) is 5.91 Å². The summed E-state index contributed by atoms with van der Waals surface area (Å²) in [7, 11) is 1.59. The van der Waals surface area contributed by atoms with Crippen LogP contribution in [0.15, 0.2) is 53.7 Å². The molecule has 1 unspecified atom stereocenters. The minimum absolute atomic E-state index is 0.173. The highest BCUT2D eigenvalue weighted by molar-refractivity contribution is 6.43. The third-order valence-electron chi connectivity index (χ3n) is 5.89. The Labute approximate surface area is 187 Å². The van der Waals surface area contributed by atoms with Gasteiger partial charge in [-0.05, 0) is 61.2 Å². The number of ether oxygens (including phenoxy) is 1. The van der Waals surface area contributed by atoms with Gasteiger partial charge in [-0.25, -0.2) is 4.79 Å². The number of benzene rings is 2.